The van der Waals surface area contributed by atoms with E-state index in [-0.39, 0.29) is 24.0 Å². The molecule has 128 valence electrons. The Balaban J connectivity index is 0.00000192. The number of nitrogens with one attached hydrogen (secondary N) is 2. The Labute approximate surface area is 155 Å². The molecule has 1 saturated carbocycles. The summed E-state index contributed by atoms with van der Waals surface area (Å²) < 4.78 is 11.4. The molecule has 1 aromatic carbocycles. The number of hydrogen-bond donors (Lipinski definition) is 2. The standard InChI is InChI=1S/C17H25N3O2.HI/c1-2-18-17(19-11-13-4-5-13)20-12-14-6-7-15-16(10-14)22-9-3-8-21-15;/h6-7,10,13H,2-5,8-9,11-12H2,1H3,(H2,18,19,20);1H. The van der Waals surface area contributed by atoms with E-state index >= 15 is 0 Å². The third-order valence-corrected chi connectivity index (χ3v) is 3.83. The molecule has 0 radical (unpaired) electrons. The van der Waals surface area contributed by atoms with Gasteiger partial charge in [-0.1, -0.05) is 6.07 Å². The van der Waals surface area contributed by atoms with Crippen molar-refractivity contribution >= 4 is 29.9 Å². The van der Waals surface area contributed by atoms with Crippen LogP contribution in [0.1, 0.15) is 31.7 Å². The van der Waals surface area contributed by atoms with Crippen LogP contribution in [-0.4, -0.2) is 32.3 Å². The van der Waals surface area contributed by atoms with Gasteiger partial charge < -0.3 is 20.1 Å². The van der Waals surface area contributed by atoms with E-state index in [1.54, 1.807) is 0 Å². The van der Waals surface area contributed by atoms with Crippen molar-refractivity contribution in [1.82, 2.24) is 10.6 Å². The number of halogens is 1. The molecule has 5 nitrogen and oxygen atoms in total. The van der Waals surface area contributed by atoms with Gasteiger partial charge in [0.05, 0.1) is 19.8 Å². The summed E-state index contributed by atoms with van der Waals surface area (Å²) in [5, 5.41) is 6.70. The van der Waals surface area contributed by atoms with Crippen molar-refractivity contribution in [2.75, 3.05) is 26.3 Å². The first kappa shape index (κ1) is 18.2. The van der Waals surface area contributed by atoms with Crippen molar-refractivity contribution in [2.45, 2.75) is 32.7 Å². The lowest BCUT2D eigenvalue weighted by atomic mass is 10.2. The highest BCUT2D eigenvalue weighted by molar-refractivity contribution is 14.0. The molecule has 2 N–H and O–H groups in total. The summed E-state index contributed by atoms with van der Waals surface area (Å²) in [5.41, 5.74) is 1.13. The number of hydrogen-bond acceptors (Lipinski definition) is 3. The molecule has 0 aromatic heterocycles. The molecule has 0 atom stereocenters. The van der Waals surface area contributed by atoms with Gasteiger partial charge in [0.2, 0.25) is 0 Å². The molecule has 1 heterocycles. The lowest BCUT2D eigenvalue weighted by Crippen LogP contribution is -2.38. The van der Waals surface area contributed by atoms with Crippen molar-refractivity contribution in [1.29, 1.82) is 0 Å². The average Bonchev–Trinajstić information content (AvgIpc) is 3.36. The summed E-state index contributed by atoms with van der Waals surface area (Å²) in [6, 6.07) is 6.08. The van der Waals surface area contributed by atoms with E-state index in [1.165, 1.54) is 12.8 Å². The highest BCUT2D eigenvalue weighted by Crippen LogP contribution is 2.30. The fraction of sp³-hybridized carbons (Fsp3) is 0.588. The SMILES string of the molecule is CCNC(=NCc1ccc2c(c1)OCCCO2)NCC1CC1.I. The Hall–Kier alpha value is -1.18. The van der Waals surface area contributed by atoms with Gasteiger partial charge >= 0.3 is 0 Å². The summed E-state index contributed by atoms with van der Waals surface area (Å²) in [4.78, 5) is 4.65. The minimum Gasteiger partial charge on any atom is -0.490 e. The van der Waals surface area contributed by atoms with E-state index in [9.17, 15) is 0 Å². The largest absolute Gasteiger partial charge is 0.490 e. The molecule has 0 amide bonds. The fourth-order valence-electron chi connectivity index (χ4n) is 2.38. The maximum atomic E-state index is 5.73. The molecule has 1 aliphatic heterocycles. The number of ether oxygens (including phenoxy) is 2. The third-order valence-electron chi connectivity index (χ3n) is 3.83. The fourth-order valence-corrected chi connectivity index (χ4v) is 2.38. The lowest BCUT2D eigenvalue weighted by molar-refractivity contribution is 0.297. The summed E-state index contributed by atoms with van der Waals surface area (Å²) >= 11 is 0. The molecule has 23 heavy (non-hydrogen) atoms. The molecular formula is C17H26IN3O2. The quantitative estimate of drug-likeness (QED) is 0.428. The van der Waals surface area contributed by atoms with Crippen molar-refractivity contribution in [3.05, 3.63) is 23.8 Å². The van der Waals surface area contributed by atoms with Crippen LogP contribution in [0.5, 0.6) is 11.5 Å². The highest BCUT2D eigenvalue weighted by atomic mass is 127. The first-order valence-electron chi connectivity index (χ1n) is 8.26. The van der Waals surface area contributed by atoms with Gasteiger partial charge in [0.25, 0.3) is 0 Å². The van der Waals surface area contributed by atoms with Crippen molar-refractivity contribution in [3.8, 4) is 11.5 Å². The Kier molecular flexibility index (Phi) is 7.26. The van der Waals surface area contributed by atoms with E-state index in [0.29, 0.717) is 13.2 Å². The Morgan fingerprint density at radius 2 is 1.96 bits per heavy atom. The number of nitrogens with zero attached hydrogens (tertiary/aromatic N) is 1. The zero-order valence-electron chi connectivity index (χ0n) is 13.6. The van der Waals surface area contributed by atoms with Crippen molar-refractivity contribution < 1.29 is 9.47 Å². The van der Waals surface area contributed by atoms with Crippen LogP contribution in [0, 0.1) is 5.92 Å². The van der Waals surface area contributed by atoms with Gasteiger partial charge in [0.1, 0.15) is 0 Å². The van der Waals surface area contributed by atoms with Crippen LogP contribution in [0.25, 0.3) is 0 Å². The molecule has 0 spiro atoms. The van der Waals surface area contributed by atoms with Gasteiger partial charge in [-0.3, -0.25) is 0 Å². The van der Waals surface area contributed by atoms with Crippen LogP contribution in [-0.2, 0) is 6.54 Å². The van der Waals surface area contributed by atoms with Crippen LogP contribution in [0.3, 0.4) is 0 Å². The second-order valence-electron chi connectivity index (χ2n) is 5.85. The molecule has 0 saturated heterocycles. The van der Waals surface area contributed by atoms with E-state index < -0.39 is 0 Å². The predicted octanol–water partition coefficient (Wildman–Crippen LogP) is 2.93. The summed E-state index contributed by atoms with van der Waals surface area (Å²) in [5.74, 6) is 3.40. The van der Waals surface area contributed by atoms with Gasteiger partial charge in [0.15, 0.2) is 17.5 Å². The Morgan fingerprint density at radius 1 is 1.17 bits per heavy atom. The molecule has 1 aliphatic carbocycles. The number of guanidine groups is 1. The van der Waals surface area contributed by atoms with Gasteiger partial charge in [-0.05, 0) is 43.4 Å². The number of fused-ring (bicyclic) bond motifs is 1. The number of benzene rings is 1. The monoisotopic (exact) mass is 431 g/mol. The van der Waals surface area contributed by atoms with E-state index in [1.807, 2.05) is 12.1 Å². The van der Waals surface area contributed by atoms with E-state index in [4.69, 9.17) is 9.47 Å². The van der Waals surface area contributed by atoms with Gasteiger partial charge in [-0.25, -0.2) is 4.99 Å². The van der Waals surface area contributed by atoms with Gasteiger partial charge in [-0.2, -0.15) is 0 Å². The smallest absolute Gasteiger partial charge is 0.191 e. The maximum absolute atomic E-state index is 5.73. The first-order valence-corrected chi connectivity index (χ1v) is 8.26. The number of aliphatic imine (C=N–C) groups is 1. The van der Waals surface area contributed by atoms with Crippen LogP contribution in [0.2, 0.25) is 0 Å². The lowest BCUT2D eigenvalue weighted by Gasteiger charge is -2.11. The highest BCUT2D eigenvalue weighted by Gasteiger charge is 2.21. The number of rotatable bonds is 5. The average molecular weight is 431 g/mol. The van der Waals surface area contributed by atoms with E-state index in [0.717, 1.165) is 55.1 Å². The Bertz CT molecular complexity index is 533. The Morgan fingerprint density at radius 3 is 2.70 bits per heavy atom. The maximum Gasteiger partial charge on any atom is 0.191 e. The molecule has 6 heteroatoms. The third kappa shape index (κ3) is 5.75. The van der Waals surface area contributed by atoms with Crippen LogP contribution in [0.15, 0.2) is 23.2 Å². The zero-order valence-corrected chi connectivity index (χ0v) is 16.0. The second-order valence-corrected chi connectivity index (χ2v) is 5.85. The van der Waals surface area contributed by atoms with Crippen LogP contribution >= 0.6 is 24.0 Å². The summed E-state index contributed by atoms with van der Waals surface area (Å²) in [6.07, 6.45) is 3.61. The second kappa shape index (κ2) is 9.20. The molecule has 3 rings (SSSR count). The molecule has 1 fully saturated rings. The minimum atomic E-state index is 0. The van der Waals surface area contributed by atoms with Crippen molar-refractivity contribution in [3.63, 3.8) is 0 Å². The molecule has 2 aliphatic rings. The normalized spacial score (nSPS) is 17.0. The molecular weight excluding hydrogens is 405 g/mol. The topological polar surface area (TPSA) is 54.9 Å². The zero-order chi connectivity index (χ0) is 15.2. The van der Waals surface area contributed by atoms with Crippen LogP contribution < -0.4 is 20.1 Å². The molecule has 0 bridgehead atoms. The first-order chi connectivity index (χ1) is 10.8. The van der Waals surface area contributed by atoms with Gasteiger partial charge in [-0.15, -0.1) is 24.0 Å². The molecule has 0 unspecified atom stereocenters. The van der Waals surface area contributed by atoms with Gasteiger partial charge in [0, 0.05) is 19.5 Å². The van der Waals surface area contributed by atoms with Crippen LogP contribution in [0.4, 0.5) is 0 Å². The summed E-state index contributed by atoms with van der Waals surface area (Å²) in [6.45, 7) is 6.05. The summed E-state index contributed by atoms with van der Waals surface area (Å²) in [7, 11) is 0. The predicted molar refractivity (Wildman–Crippen MR) is 103 cm³/mol. The van der Waals surface area contributed by atoms with E-state index in [2.05, 4.69) is 28.6 Å². The molecule has 1 aromatic rings. The minimum absolute atomic E-state index is 0. The van der Waals surface area contributed by atoms with Crippen molar-refractivity contribution in [2.24, 2.45) is 10.9 Å².